The van der Waals surface area contributed by atoms with Crippen molar-refractivity contribution in [3.8, 4) is 0 Å². The Morgan fingerprint density at radius 2 is 1.73 bits per heavy atom. The van der Waals surface area contributed by atoms with Gasteiger partial charge in [0.05, 0.1) is 11.8 Å². The van der Waals surface area contributed by atoms with Gasteiger partial charge in [0.1, 0.15) is 0 Å². The first-order valence-electron chi connectivity index (χ1n) is 8.29. The fourth-order valence-corrected chi connectivity index (χ4v) is 3.21. The molecule has 2 fully saturated rings. The van der Waals surface area contributed by atoms with Crippen LogP contribution in [0, 0.1) is 17.8 Å². The molecule has 2 rings (SSSR count). The highest BCUT2D eigenvalue weighted by Crippen LogP contribution is 2.38. The average molecular weight is 310 g/mol. The number of carboxylic acid groups (broad SMARTS) is 1. The van der Waals surface area contributed by atoms with Crippen molar-refractivity contribution in [2.75, 3.05) is 13.1 Å². The number of nitrogens with zero attached hydrogens (tertiary/aromatic N) is 1. The number of carbonyl (C=O) groups is 3. The van der Waals surface area contributed by atoms with Gasteiger partial charge in [-0.15, -0.1) is 0 Å². The van der Waals surface area contributed by atoms with Gasteiger partial charge in [-0.3, -0.25) is 14.4 Å². The van der Waals surface area contributed by atoms with E-state index in [0.717, 1.165) is 25.7 Å². The molecule has 1 aliphatic heterocycles. The van der Waals surface area contributed by atoms with Gasteiger partial charge in [-0.1, -0.05) is 13.8 Å². The summed E-state index contributed by atoms with van der Waals surface area (Å²) >= 11 is 0. The molecule has 2 atom stereocenters. The first-order chi connectivity index (χ1) is 10.5. The number of rotatable bonds is 6. The van der Waals surface area contributed by atoms with E-state index in [0.29, 0.717) is 19.5 Å². The second kappa shape index (κ2) is 7.11. The average Bonchev–Trinajstić information content (AvgIpc) is 3.30. The smallest absolute Gasteiger partial charge is 0.307 e. The lowest BCUT2D eigenvalue weighted by molar-refractivity contribution is -0.140. The van der Waals surface area contributed by atoms with Gasteiger partial charge in [0.2, 0.25) is 11.8 Å². The highest BCUT2D eigenvalue weighted by atomic mass is 16.4. The largest absolute Gasteiger partial charge is 0.481 e. The number of nitrogens with one attached hydrogen (secondary N) is 1. The zero-order valence-electron chi connectivity index (χ0n) is 13.4. The van der Waals surface area contributed by atoms with E-state index in [1.165, 1.54) is 0 Å². The van der Waals surface area contributed by atoms with Crippen molar-refractivity contribution in [1.29, 1.82) is 0 Å². The number of carbonyl (C=O) groups excluding carboxylic acids is 2. The molecule has 2 unspecified atom stereocenters. The highest BCUT2D eigenvalue weighted by molar-refractivity contribution is 5.89. The Morgan fingerprint density at radius 3 is 2.18 bits per heavy atom. The van der Waals surface area contributed by atoms with Gasteiger partial charge in [-0.05, 0) is 32.1 Å². The van der Waals surface area contributed by atoms with Gasteiger partial charge in [-0.25, -0.2) is 0 Å². The molecule has 0 bridgehead atoms. The molecule has 2 aliphatic rings. The lowest BCUT2D eigenvalue weighted by atomic mass is 9.98. The molecular weight excluding hydrogens is 284 g/mol. The molecule has 0 aromatic heterocycles. The van der Waals surface area contributed by atoms with Gasteiger partial charge in [0, 0.05) is 25.0 Å². The fraction of sp³-hybridized carbons (Fsp3) is 0.812. The van der Waals surface area contributed by atoms with Gasteiger partial charge in [0.25, 0.3) is 0 Å². The lowest BCUT2D eigenvalue weighted by Crippen LogP contribution is -2.48. The minimum atomic E-state index is -0.884. The highest BCUT2D eigenvalue weighted by Gasteiger charge is 2.48. The molecule has 22 heavy (non-hydrogen) atoms. The normalized spacial score (nSPS) is 25.1. The predicted octanol–water partition coefficient (Wildman–Crippen LogP) is 1.25. The van der Waals surface area contributed by atoms with E-state index in [9.17, 15) is 14.4 Å². The van der Waals surface area contributed by atoms with E-state index < -0.39 is 11.9 Å². The number of likely N-dealkylation sites (tertiary alicyclic amines) is 1. The number of piperidine rings is 1. The van der Waals surface area contributed by atoms with Crippen LogP contribution < -0.4 is 5.32 Å². The summed E-state index contributed by atoms with van der Waals surface area (Å²) in [5.41, 5.74) is 0. The minimum absolute atomic E-state index is 0.0632. The van der Waals surface area contributed by atoms with Gasteiger partial charge in [-0.2, -0.15) is 0 Å². The first kappa shape index (κ1) is 16.8. The number of carboxylic acids is 1. The van der Waals surface area contributed by atoms with Crippen LogP contribution in [-0.2, 0) is 14.4 Å². The Morgan fingerprint density at radius 1 is 1.14 bits per heavy atom. The number of aliphatic carboxylic acids is 1. The quantitative estimate of drug-likeness (QED) is 0.773. The third-order valence-corrected chi connectivity index (χ3v) is 4.93. The van der Waals surface area contributed by atoms with Crippen molar-refractivity contribution < 1.29 is 19.5 Å². The molecule has 2 amide bonds. The summed E-state index contributed by atoms with van der Waals surface area (Å²) in [5, 5.41) is 11.8. The van der Waals surface area contributed by atoms with Crippen LogP contribution >= 0.6 is 0 Å². The minimum Gasteiger partial charge on any atom is -0.481 e. The zero-order valence-corrected chi connectivity index (χ0v) is 13.4. The van der Waals surface area contributed by atoms with Crippen molar-refractivity contribution >= 4 is 17.8 Å². The second-order valence-corrected chi connectivity index (χ2v) is 6.41. The van der Waals surface area contributed by atoms with E-state index >= 15 is 0 Å². The Balaban J connectivity index is 1.75. The van der Waals surface area contributed by atoms with Gasteiger partial charge in [0.15, 0.2) is 0 Å². The summed E-state index contributed by atoms with van der Waals surface area (Å²) in [4.78, 5) is 36.9. The standard InChI is InChI=1S/C16H26N2O4/c1-3-10(4-2)15(20)18-7-5-11(6-8-18)17-14(19)12-9-13(12)16(21)22/h10-13H,3-9H2,1-2H3,(H,17,19)(H,21,22). The Labute approximate surface area is 131 Å². The molecular formula is C16H26N2O4. The molecule has 1 aliphatic carbocycles. The Kier molecular flexibility index (Phi) is 5.42. The van der Waals surface area contributed by atoms with E-state index in [4.69, 9.17) is 5.11 Å². The third kappa shape index (κ3) is 3.78. The second-order valence-electron chi connectivity index (χ2n) is 6.41. The Hall–Kier alpha value is -1.59. The van der Waals surface area contributed by atoms with Crippen LogP contribution in [0.25, 0.3) is 0 Å². The van der Waals surface area contributed by atoms with Gasteiger partial charge < -0.3 is 15.3 Å². The van der Waals surface area contributed by atoms with Crippen LogP contribution in [-0.4, -0.2) is 46.9 Å². The van der Waals surface area contributed by atoms with Crippen LogP contribution in [0.15, 0.2) is 0 Å². The molecule has 0 aromatic rings. The number of amides is 2. The van der Waals surface area contributed by atoms with Crippen LogP contribution in [0.2, 0.25) is 0 Å². The monoisotopic (exact) mass is 310 g/mol. The maximum absolute atomic E-state index is 12.3. The lowest BCUT2D eigenvalue weighted by Gasteiger charge is -2.34. The molecule has 1 saturated heterocycles. The topological polar surface area (TPSA) is 86.7 Å². The molecule has 6 heteroatoms. The molecule has 0 spiro atoms. The van der Waals surface area contributed by atoms with E-state index in [1.807, 2.05) is 18.7 Å². The summed E-state index contributed by atoms with van der Waals surface area (Å²) in [6.07, 6.45) is 3.69. The summed E-state index contributed by atoms with van der Waals surface area (Å²) in [6.45, 7) is 5.42. The molecule has 1 saturated carbocycles. The number of hydrogen-bond acceptors (Lipinski definition) is 3. The number of hydrogen-bond donors (Lipinski definition) is 2. The maximum Gasteiger partial charge on any atom is 0.307 e. The van der Waals surface area contributed by atoms with Crippen molar-refractivity contribution in [2.24, 2.45) is 17.8 Å². The van der Waals surface area contributed by atoms with Crippen molar-refractivity contribution in [2.45, 2.75) is 52.0 Å². The molecule has 1 heterocycles. The summed E-state index contributed by atoms with van der Waals surface area (Å²) in [5.74, 6) is -1.56. The maximum atomic E-state index is 12.3. The molecule has 0 radical (unpaired) electrons. The summed E-state index contributed by atoms with van der Waals surface area (Å²) in [7, 11) is 0. The molecule has 6 nitrogen and oxygen atoms in total. The summed E-state index contributed by atoms with van der Waals surface area (Å²) < 4.78 is 0. The predicted molar refractivity (Wildman–Crippen MR) is 81.0 cm³/mol. The van der Waals surface area contributed by atoms with E-state index in [-0.39, 0.29) is 29.7 Å². The van der Waals surface area contributed by atoms with E-state index in [2.05, 4.69) is 5.32 Å². The first-order valence-corrected chi connectivity index (χ1v) is 8.29. The third-order valence-electron chi connectivity index (χ3n) is 4.93. The van der Waals surface area contributed by atoms with Gasteiger partial charge >= 0.3 is 5.97 Å². The van der Waals surface area contributed by atoms with E-state index in [1.54, 1.807) is 0 Å². The zero-order chi connectivity index (χ0) is 16.3. The molecule has 124 valence electrons. The Bertz CT molecular complexity index is 439. The fourth-order valence-electron chi connectivity index (χ4n) is 3.21. The van der Waals surface area contributed by atoms with Crippen LogP contribution in [0.5, 0.6) is 0 Å². The van der Waals surface area contributed by atoms with Crippen LogP contribution in [0.1, 0.15) is 46.0 Å². The summed E-state index contributed by atoms with van der Waals surface area (Å²) in [6, 6.07) is 0.0632. The van der Waals surface area contributed by atoms with Crippen LogP contribution in [0.3, 0.4) is 0 Å². The van der Waals surface area contributed by atoms with Crippen molar-refractivity contribution in [1.82, 2.24) is 10.2 Å². The van der Waals surface area contributed by atoms with Crippen molar-refractivity contribution in [3.05, 3.63) is 0 Å². The molecule has 2 N–H and O–H groups in total. The SMILES string of the molecule is CCC(CC)C(=O)N1CCC(NC(=O)C2CC2C(=O)O)CC1. The molecule has 0 aromatic carbocycles. The van der Waals surface area contributed by atoms with Crippen molar-refractivity contribution in [3.63, 3.8) is 0 Å². The van der Waals surface area contributed by atoms with Crippen LogP contribution in [0.4, 0.5) is 0 Å².